The maximum absolute atomic E-state index is 10.4. The van der Waals surface area contributed by atoms with Crippen LogP contribution in [0.2, 0.25) is 0 Å². The van der Waals surface area contributed by atoms with Crippen molar-refractivity contribution in [2.75, 3.05) is 14.7 Å². The Morgan fingerprint density at radius 1 is 0.444 bits per heavy atom. The molecule has 4 atom stereocenters. The highest BCUT2D eigenvalue weighted by atomic mass is 15.3. The van der Waals surface area contributed by atoms with Crippen molar-refractivity contribution in [3.8, 4) is 22.3 Å². The number of rotatable bonds is 3. The third-order valence-corrected chi connectivity index (χ3v) is 22.6. The Labute approximate surface area is 492 Å². The summed E-state index contributed by atoms with van der Waals surface area (Å²) in [5.74, 6) is 0. The smallest absolute Gasteiger partial charge is 0.252 e. The lowest BCUT2D eigenvalue weighted by atomic mass is 9.32. The Hall–Kier alpha value is -6.00. The Morgan fingerprint density at radius 2 is 1.01 bits per heavy atom. The van der Waals surface area contributed by atoms with Crippen LogP contribution in [0.1, 0.15) is 225 Å². The topological polar surface area (TPSA) is 9.72 Å². The fourth-order valence-electron chi connectivity index (χ4n) is 17.3. The van der Waals surface area contributed by atoms with Crippen LogP contribution in [0.5, 0.6) is 0 Å². The van der Waals surface area contributed by atoms with Gasteiger partial charge in [0, 0.05) is 55.9 Å². The molecule has 0 amide bonds. The number of hydrogen-bond donors (Lipinski definition) is 0. The molecule has 0 bridgehead atoms. The molecule has 0 N–H and O–H groups in total. The van der Waals surface area contributed by atoms with Crippen molar-refractivity contribution in [3.05, 3.63) is 166 Å². The molecule has 4 aliphatic heterocycles. The summed E-state index contributed by atoms with van der Waals surface area (Å²) in [5, 5.41) is 0. The minimum Gasteiger partial charge on any atom is -0.335 e. The molecule has 416 valence electrons. The van der Waals surface area contributed by atoms with E-state index in [1.54, 1.807) is 0 Å². The minimum absolute atomic E-state index is 0.0165. The minimum atomic E-state index is -0.487. The van der Waals surface area contributed by atoms with E-state index in [4.69, 9.17) is 0 Å². The van der Waals surface area contributed by atoms with Gasteiger partial charge in [-0.25, -0.2) is 0 Å². The van der Waals surface area contributed by atoms with Crippen LogP contribution in [0.3, 0.4) is 0 Å². The van der Waals surface area contributed by atoms with Crippen molar-refractivity contribution in [1.82, 2.24) is 0 Å². The van der Waals surface area contributed by atoms with Crippen molar-refractivity contribution in [2.45, 2.75) is 225 Å². The summed E-state index contributed by atoms with van der Waals surface area (Å²) in [6, 6.07) is 42.2. The lowest BCUT2D eigenvalue weighted by Gasteiger charge is -2.54. The van der Waals surface area contributed by atoms with Gasteiger partial charge < -0.3 is 14.7 Å². The lowest BCUT2D eigenvalue weighted by Crippen LogP contribution is -2.65. The predicted octanol–water partition coefficient (Wildman–Crippen LogP) is 18.9. The molecule has 4 unspecified atom stereocenters. The first-order chi connectivity index (χ1) is 39.2. The van der Waals surface area contributed by atoms with Crippen LogP contribution in [0.4, 0.5) is 39.8 Å². The highest BCUT2D eigenvalue weighted by molar-refractivity contribution is 7.00. The zero-order chi connectivity index (χ0) is 59.9. The van der Waals surface area contributed by atoms with E-state index in [2.05, 4.69) is 242 Å². The molecule has 7 aliphatic rings. The largest absolute Gasteiger partial charge is 0.335 e. The SMILES string of the molecule is [2H]c1c([2H])c(C(C)(C)C)c([2H])c2c1N(c1cc3c4c(c1)N1c5c(cc(C(C)(C)C)cc5C5(C)CCCCC15C)B4c1c(ccc4c1C(C)(C)c1ccc(C(C)(C)C)cc1-4)N3c1ccc(C(C)(C)C)cc1-c1ccccc1)C1(C)CCCCC21C. The summed E-state index contributed by atoms with van der Waals surface area (Å²) in [6.07, 6.45) is 8.54. The molecule has 7 aromatic rings. The maximum atomic E-state index is 10.4. The van der Waals surface area contributed by atoms with Crippen LogP contribution in [0.15, 0.2) is 121 Å². The van der Waals surface area contributed by atoms with Crippen molar-refractivity contribution in [1.29, 1.82) is 0 Å². The number of fused-ring (bicyclic) bond motifs is 14. The second kappa shape index (κ2) is 16.6. The summed E-state index contributed by atoms with van der Waals surface area (Å²) >= 11 is 0. The average molecular weight is 1070 g/mol. The van der Waals surface area contributed by atoms with E-state index < -0.39 is 16.4 Å². The maximum Gasteiger partial charge on any atom is 0.252 e. The summed E-state index contributed by atoms with van der Waals surface area (Å²) in [6.45, 7) is 42.7. The molecule has 81 heavy (non-hydrogen) atoms. The average Bonchev–Trinajstić information content (AvgIpc) is 1.45. The van der Waals surface area contributed by atoms with Gasteiger partial charge in [-0.15, -0.1) is 0 Å². The van der Waals surface area contributed by atoms with Gasteiger partial charge in [0.05, 0.1) is 20.9 Å². The van der Waals surface area contributed by atoms with Crippen LogP contribution in [-0.2, 0) is 37.9 Å². The summed E-state index contributed by atoms with van der Waals surface area (Å²) in [4.78, 5) is 8.16. The van der Waals surface area contributed by atoms with Gasteiger partial charge in [-0.3, -0.25) is 0 Å². The van der Waals surface area contributed by atoms with E-state index in [0.717, 1.165) is 61.2 Å². The zero-order valence-electron chi connectivity index (χ0n) is 55.4. The first-order valence-corrected chi connectivity index (χ1v) is 31.1. The lowest BCUT2D eigenvalue weighted by molar-refractivity contribution is 0.194. The van der Waals surface area contributed by atoms with Crippen molar-refractivity contribution in [2.24, 2.45) is 0 Å². The Morgan fingerprint density at radius 3 is 1.65 bits per heavy atom. The molecular weight excluding hydrogens is 978 g/mol. The molecule has 3 aliphatic carbocycles. The fraction of sp³-hybridized carbons (Fsp3) is 0.455. The van der Waals surface area contributed by atoms with Crippen LogP contribution in [-0.4, -0.2) is 17.8 Å². The quantitative estimate of drug-likeness (QED) is 0.163. The Bertz CT molecular complexity index is 4010. The molecule has 2 fully saturated rings. The molecule has 7 aromatic carbocycles. The van der Waals surface area contributed by atoms with Gasteiger partial charge in [-0.05, 0) is 175 Å². The van der Waals surface area contributed by atoms with Gasteiger partial charge in [-0.2, -0.15) is 0 Å². The number of benzene rings is 7. The van der Waals surface area contributed by atoms with E-state index in [1.165, 1.54) is 108 Å². The number of nitrogens with zero attached hydrogens (tertiary/aromatic N) is 3. The van der Waals surface area contributed by atoms with E-state index in [-0.39, 0.29) is 51.4 Å². The molecule has 0 spiro atoms. The van der Waals surface area contributed by atoms with Crippen LogP contribution >= 0.6 is 0 Å². The summed E-state index contributed by atoms with van der Waals surface area (Å²) in [5.41, 5.74) is 25.0. The standard InChI is InChI=1S/C77H90BN3/c1-69(2,3)48-28-32-56-55(41-48)53-31-35-62-67(65(53)73(56,13)14)78-59-44-51(72(10,11)12)43-58-68(59)81(77(18)39-25-23-37-75(58,77)16)64-46-52(80-61-34-30-50(71(7,8)9)42-57(61)74(15)36-22-24-38-76(74,80)17)45-63(66(64)78)79(62)60-33-29-49(70(4,5)6)40-54(60)47-26-20-19-21-27-47/h19-21,26-35,40-46H,22-25,36-39H2,1-18H3/i30D,34D,42D. The zero-order valence-corrected chi connectivity index (χ0v) is 52.4. The van der Waals surface area contributed by atoms with E-state index in [1.807, 2.05) is 0 Å². The first kappa shape index (κ1) is 49.6. The van der Waals surface area contributed by atoms with Crippen molar-refractivity contribution in [3.63, 3.8) is 0 Å². The highest BCUT2D eigenvalue weighted by Gasteiger charge is 2.64. The fourth-order valence-corrected chi connectivity index (χ4v) is 17.3. The molecule has 2 saturated carbocycles. The molecular formula is C77H90BN3. The molecule has 14 rings (SSSR count). The molecule has 4 heteroatoms. The molecule has 4 heterocycles. The van der Waals surface area contributed by atoms with Crippen LogP contribution in [0, 0.1) is 0 Å². The molecule has 0 aromatic heterocycles. The number of hydrogen-bond acceptors (Lipinski definition) is 3. The Balaban J connectivity index is 1.18. The van der Waals surface area contributed by atoms with Gasteiger partial charge in [0.1, 0.15) is 0 Å². The van der Waals surface area contributed by atoms with Crippen molar-refractivity contribution >= 4 is 62.9 Å². The third kappa shape index (κ3) is 7.01. The predicted molar refractivity (Wildman–Crippen MR) is 349 cm³/mol. The molecule has 0 radical (unpaired) electrons. The van der Waals surface area contributed by atoms with Crippen molar-refractivity contribution < 1.29 is 4.11 Å². The van der Waals surface area contributed by atoms with Gasteiger partial charge in [0.2, 0.25) is 0 Å². The Kier molecular flexibility index (Phi) is 10.2. The van der Waals surface area contributed by atoms with Crippen LogP contribution < -0.4 is 31.1 Å². The molecule has 3 nitrogen and oxygen atoms in total. The first-order valence-electron chi connectivity index (χ1n) is 32.6. The van der Waals surface area contributed by atoms with Gasteiger partial charge in [0.25, 0.3) is 6.71 Å². The van der Waals surface area contributed by atoms with E-state index >= 15 is 0 Å². The summed E-state index contributed by atoms with van der Waals surface area (Å²) < 4.78 is 30.7. The molecule has 0 saturated heterocycles. The third-order valence-electron chi connectivity index (χ3n) is 22.6. The van der Waals surface area contributed by atoms with Gasteiger partial charge in [0.15, 0.2) is 0 Å². The summed E-state index contributed by atoms with van der Waals surface area (Å²) in [7, 11) is 0. The van der Waals surface area contributed by atoms with Crippen LogP contribution in [0.25, 0.3) is 22.3 Å². The van der Waals surface area contributed by atoms with E-state index in [0.29, 0.717) is 11.6 Å². The second-order valence-corrected chi connectivity index (χ2v) is 31.8. The van der Waals surface area contributed by atoms with Gasteiger partial charge >= 0.3 is 0 Å². The van der Waals surface area contributed by atoms with E-state index in [9.17, 15) is 4.11 Å². The normalized spacial score (nSPS) is 25.2. The second-order valence-electron chi connectivity index (χ2n) is 31.8. The highest BCUT2D eigenvalue weighted by Crippen LogP contribution is 2.66. The number of anilines is 7. The monoisotopic (exact) mass is 1070 g/mol. The van der Waals surface area contributed by atoms with Gasteiger partial charge in [-0.1, -0.05) is 221 Å².